The van der Waals surface area contributed by atoms with Crippen molar-refractivity contribution >= 4 is 0 Å². The quantitative estimate of drug-likeness (QED) is 0.670. The van der Waals surface area contributed by atoms with Crippen LogP contribution in [0.2, 0.25) is 0 Å². The average Bonchev–Trinajstić information content (AvgIpc) is 2.70. The minimum Gasteiger partial charge on any atom is -0.390 e. The van der Waals surface area contributed by atoms with E-state index in [4.69, 9.17) is 0 Å². The number of aliphatic hydroxyl groups is 2. The Morgan fingerprint density at radius 1 is 1.00 bits per heavy atom. The molecule has 0 bridgehead atoms. The van der Waals surface area contributed by atoms with E-state index in [0.29, 0.717) is 17.3 Å². The third-order valence-electron chi connectivity index (χ3n) is 8.10. The molecule has 0 radical (unpaired) electrons. The number of allylic oxidation sites excluding steroid dienone is 2. The average molecular weight is 290 g/mol. The highest BCUT2D eigenvalue weighted by atomic mass is 16.3. The first-order valence-electron chi connectivity index (χ1n) is 9.00. The van der Waals surface area contributed by atoms with E-state index < -0.39 is 12.2 Å². The van der Waals surface area contributed by atoms with Gasteiger partial charge in [0.2, 0.25) is 0 Å². The van der Waals surface area contributed by atoms with Crippen molar-refractivity contribution in [1.82, 2.24) is 0 Å². The topological polar surface area (TPSA) is 40.5 Å². The first kappa shape index (κ1) is 14.3. The zero-order valence-electron chi connectivity index (χ0n) is 13.5. The van der Waals surface area contributed by atoms with Crippen LogP contribution in [0.3, 0.4) is 0 Å². The van der Waals surface area contributed by atoms with Crippen LogP contribution in [0, 0.1) is 34.5 Å². The minimum atomic E-state index is -0.504. The van der Waals surface area contributed by atoms with Gasteiger partial charge in [0.15, 0.2) is 0 Å². The van der Waals surface area contributed by atoms with Gasteiger partial charge in [-0.25, -0.2) is 0 Å². The molecule has 3 saturated carbocycles. The molecule has 2 N–H and O–H groups in total. The molecule has 0 aliphatic heterocycles. The molecular formula is C19H30O2. The second kappa shape index (κ2) is 4.58. The fourth-order valence-corrected chi connectivity index (χ4v) is 6.81. The Labute approximate surface area is 128 Å². The molecule has 2 nitrogen and oxygen atoms in total. The smallest absolute Gasteiger partial charge is 0.0855 e. The van der Waals surface area contributed by atoms with Crippen LogP contribution in [0.5, 0.6) is 0 Å². The summed E-state index contributed by atoms with van der Waals surface area (Å²) in [4.78, 5) is 0. The number of rotatable bonds is 0. The monoisotopic (exact) mass is 290 g/mol. The molecule has 0 aromatic rings. The molecule has 0 aromatic carbocycles. The second-order valence-electron chi connectivity index (χ2n) is 8.79. The molecule has 0 spiro atoms. The normalized spacial score (nSPS) is 59.2. The van der Waals surface area contributed by atoms with Crippen molar-refractivity contribution in [3.8, 4) is 0 Å². The van der Waals surface area contributed by atoms with Gasteiger partial charge in [0.05, 0.1) is 12.2 Å². The van der Waals surface area contributed by atoms with Crippen molar-refractivity contribution in [2.75, 3.05) is 0 Å². The first-order chi connectivity index (χ1) is 9.97. The molecule has 3 fully saturated rings. The lowest BCUT2D eigenvalue weighted by atomic mass is 9.46. The molecule has 0 amide bonds. The molecule has 0 heterocycles. The predicted molar refractivity (Wildman–Crippen MR) is 83.6 cm³/mol. The van der Waals surface area contributed by atoms with E-state index in [1.54, 1.807) is 0 Å². The summed E-state index contributed by atoms with van der Waals surface area (Å²) in [5, 5.41) is 20.7. The fraction of sp³-hybridized carbons (Fsp3) is 0.895. The van der Waals surface area contributed by atoms with Crippen LogP contribution >= 0.6 is 0 Å². The Kier molecular flexibility index (Phi) is 3.11. The van der Waals surface area contributed by atoms with Gasteiger partial charge in [-0.2, -0.15) is 0 Å². The standard InChI is InChI=1S/C19H30O2/c1-18-9-4-3-5-12(18)6-7-13-14(18)8-10-19(2)15(13)11-16(20)17(19)21/h4,9,12-17,20-21H,3,5-8,10-11H2,1-2H3/t12-,13-,14+,15+,16-,17-,18+,19+/m1/s1. The Balaban J connectivity index is 1.68. The Bertz CT molecular complexity index is 458. The lowest BCUT2D eigenvalue weighted by Gasteiger charge is -2.58. The molecule has 21 heavy (non-hydrogen) atoms. The zero-order valence-corrected chi connectivity index (χ0v) is 13.5. The lowest BCUT2D eigenvalue weighted by Crippen LogP contribution is -2.52. The minimum absolute atomic E-state index is 0.0395. The van der Waals surface area contributed by atoms with Gasteiger partial charge in [-0.15, -0.1) is 0 Å². The van der Waals surface area contributed by atoms with E-state index >= 15 is 0 Å². The number of fused-ring (bicyclic) bond motifs is 5. The Morgan fingerprint density at radius 3 is 2.62 bits per heavy atom. The van der Waals surface area contributed by atoms with Crippen LogP contribution in [-0.4, -0.2) is 22.4 Å². The Hall–Kier alpha value is -0.340. The van der Waals surface area contributed by atoms with Crippen LogP contribution in [-0.2, 0) is 0 Å². The van der Waals surface area contributed by atoms with Crippen molar-refractivity contribution in [2.24, 2.45) is 34.5 Å². The van der Waals surface area contributed by atoms with Crippen molar-refractivity contribution < 1.29 is 10.2 Å². The summed E-state index contributed by atoms with van der Waals surface area (Å²) in [6.45, 7) is 4.73. The molecule has 118 valence electrons. The van der Waals surface area contributed by atoms with Gasteiger partial charge in [0, 0.05) is 0 Å². The fourth-order valence-electron chi connectivity index (χ4n) is 6.81. The van der Waals surface area contributed by atoms with Crippen molar-refractivity contribution in [3.63, 3.8) is 0 Å². The summed E-state index contributed by atoms with van der Waals surface area (Å²) in [6.07, 6.45) is 12.4. The number of hydrogen-bond acceptors (Lipinski definition) is 2. The van der Waals surface area contributed by atoms with E-state index in [-0.39, 0.29) is 5.41 Å². The lowest BCUT2D eigenvalue weighted by molar-refractivity contribution is -0.100. The SMILES string of the molecule is C[C@]12C=CCC[C@@H]1CC[C@@H]1[C@@H]2CC[C@]2(C)[C@H](O)[C@H](O)C[C@@H]12. The summed E-state index contributed by atoms with van der Waals surface area (Å²) in [7, 11) is 0. The van der Waals surface area contributed by atoms with Crippen LogP contribution in [0.1, 0.15) is 58.8 Å². The number of aliphatic hydroxyl groups excluding tert-OH is 2. The van der Waals surface area contributed by atoms with Crippen LogP contribution in [0.25, 0.3) is 0 Å². The summed E-state index contributed by atoms with van der Waals surface area (Å²) in [5.41, 5.74) is 0.336. The van der Waals surface area contributed by atoms with E-state index in [1.807, 2.05) is 0 Å². The summed E-state index contributed by atoms with van der Waals surface area (Å²) in [6, 6.07) is 0. The largest absolute Gasteiger partial charge is 0.390 e. The van der Waals surface area contributed by atoms with Gasteiger partial charge in [-0.1, -0.05) is 26.0 Å². The summed E-state index contributed by atoms with van der Waals surface area (Å²) in [5.74, 6) is 2.86. The summed E-state index contributed by atoms with van der Waals surface area (Å²) < 4.78 is 0. The van der Waals surface area contributed by atoms with Crippen molar-refractivity contribution in [1.29, 1.82) is 0 Å². The van der Waals surface area contributed by atoms with Gasteiger partial charge in [0.1, 0.15) is 0 Å². The highest BCUT2D eigenvalue weighted by molar-refractivity contribution is 5.16. The van der Waals surface area contributed by atoms with Gasteiger partial charge >= 0.3 is 0 Å². The van der Waals surface area contributed by atoms with Gasteiger partial charge in [0.25, 0.3) is 0 Å². The Morgan fingerprint density at radius 2 is 1.81 bits per heavy atom. The first-order valence-corrected chi connectivity index (χ1v) is 9.00. The molecule has 0 unspecified atom stereocenters. The molecule has 4 rings (SSSR count). The van der Waals surface area contributed by atoms with Crippen LogP contribution in [0.4, 0.5) is 0 Å². The maximum Gasteiger partial charge on any atom is 0.0855 e. The predicted octanol–water partition coefficient (Wildman–Crippen LogP) is 3.53. The van der Waals surface area contributed by atoms with E-state index in [1.165, 1.54) is 32.1 Å². The van der Waals surface area contributed by atoms with E-state index in [2.05, 4.69) is 26.0 Å². The van der Waals surface area contributed by atoms with Crippen molar-refractivity contribution in [2.45, 2.75) is 71.0 Å². The van der Waals surface area contributed by atoms with Gasteiger partial charge in [-0.05, 0) is 79.4 Å². The number of hydrogen-bond donors (Lipinski definition) is 2. The van der Waals surface area contributed by atoms with Gasteiger partial charge < -0.3 is 10.2 Å². The van der Waals surface area contributed by atoms with E-state index in [9.17, 15) is 10.2 Å². The molecule has 8 atom stereocenters. The van der Waals surface area contributed by atoms with Crippen molar-refractivity contribution in [3.05, 3.63) is 12.2 Å². The molecular weight excluding hydrogens is 260 g/mol. The van der Waals surface area contributed by atoms with Gasteiger partial charge in [-0.3, -0.25) is 0 Å². The zero-order chi connectivity index (χ0) is 14.8. The molecule has 0 aromatic heterocycles. The highest BCUT2D eigenvalue weighted by Crippen LogP contribution is 2.65. The molecule has 2 heteroatoms. The van der Waals surface area contributed by atoms with Crippen LogP contribution < -0.4 is 0 Å². The second-order valence-corrected chi connectivity index (χ2v) is 8.79. The third-order valence-corrected chi connectivity index (χ3v) is 8.10. The third kappa shape index (κ3) is 1.78. The van der Waals surface area contributed by atoms with Crippen LogP contribution in [0.15, 0.2) is 12.2 Å². The maximum absolute atomic E-state index is 10.5. The maximum atomic E-state index is 10.5. The molecule has 4 aliphatic carbocycles. The van der Waals surface area contributed by atoms with E-state index in [0.717, 1.165) is 24.7 Å². The molecule has 0 saturated heterocycles. The summed E-state index contributed by atoms with van der Waals surface area (Å²) >= 11 is 0. The highest BCUT2D eigenvalue weighted by Gasteiger charge is 2.61. The molecule has 4 aliphatic rings.